The summed E-state index contributed by atoms with van der Waals surface area (Å²) < 4.78 is 15.9. The Morgan fingerprint density at radius 2 is 1.54 bits per heavy atom. The molecule has 1 fully saturated rings. The lowest BCUT2D eigenvalue weighted by molar-refractivity contribution is -0.437. The topological polar surface area (TPSA) is 80.3 Å². The van der Waals surface area contributed by atoms with Crippen LogP contribution in [0.1, 0.15) is 115 Å². The van der Waals surface area contributed by atoms with E-state index in [1.165, 1.54) is 26.2 Å². The zero-order valence-electron chi connectivity index (χ0n) is 25.7. The predicted molar refractivity (Wildman–Crippen MR) is 161 cm³/mol. The number of allylic oxidation sites excluding steroid dienone is 3. The second-order valence-corrected chi connectivity index (χ2v) is 11.2. The van der Waals surface area contributed by atoms with Crippen molar-refractivity contribution in [3.63, 3.8) is 0 Å². The van der Waals surface area contributed by atoms with Gasteiger partial charge in [-0.05, 0) is 64.4 Å². The fourth-order valence-corrected chi connectivity index (χ4v) is 5.13. The van der Waals surface area contributed by atoms with Crippen LogP contribution in [0.25, 0.3) is 0 Å². The molecule has 1 saturated carbocycles. The van der Waals surface area contributed by atoms with Crippen LogP contribution < -0.4 is 0 Å². The third kappa shape index (κ3) is 15.4. The molecular formula is C34H52O7. The van der Waals surface area contributed by atoms with Crippen molar-refractivity contribution in [3.8, 4) is 0 Å². The zero-order valence-corrected chi connectivity index (χ0v) is 25.7. The van der Waals surface area contributed by atoms with Crippen LogP contribution in [-0.4, -0.2) is 44.2 Å². The smallest absolute Gasteiger partial charge is 0.305 e. The molecule has 0 N–H and O–H groups in total. The molecule has 0 aliphatic heterocycles. The molecule has 7 heteroatoms. The molecule has 0 aromatic heterocycles. The van der Waals surface area contributed by atoms with E-state index in [1.54, 1.807) is 0 Å². The van der Waals surface area contributed by atoms with Gasteiger partial charge >= 0.3 is 11.9 Å². The summed E-state index contributed by atoms with van der Waals surface area (Å²) in [6.07, 6.45) is 20.7. The van der Waals surface area contributed by atoms with Crippen LogP contribution in [0, 0.1) is 0 Å². The van der Waals surface area contributed by atoms with Gasteiger partial charge in [-0.25, -0.2) is 9.78 Å². The quantitative estimate of drug-likeness (QED) is 0.0389. The van der Waals surface area contributed by atoms with Crippen LogP contribution >= 0.6 is 0 Å². The Labute approximate surface area is 247 Å². The second kappa shape index (κ2) is 20.4. The average Bonchev–Trinajstić information content (AvgIpc) is 2.98. The Morgan fingerprint density at radius 3 is 2.27 bits per heavy atom. The molecule has 0 amide bonds. The number of esters is 2. The van der Waals surface area contributed by atoms with Crippen molar-refractivity contribution in [2.24, 2.45) is 0 Å². The number of hydrogen-bond acceptors (Lipinski definition) is 7. The molecule has 1 aromatic carbocycles. The molecule has 7 nitrogen and oxygen atoms in total. The van der Waals surface area contributed by atoms with Crippen molar-refractivity contribution in [2.75, 3.05) is 14.2 Å². The third-order valence-electron chi connectivity index (χ3n) is 7.39. The first-order valence-corrected chi connectivity index (χ1v) is 15.4. The maximum Gasteiger partial charge on any atom is 0.305 e. The van der Waals surface area contributed by atoms with Gasteiger partial charge in [0, 0.05) is 18.8 Å². The molecule has 1 aliphatic carbocycles. The van der Waals surface area contributed by atoms with Crippen molar-refractivity contribution in [3.05, 3.63) is 60.2 Å². The monoisotopic (exact) mass is 572 g/mol. The number of rotatable bonds is 20. The lowest BCUT2D eigenvalue weighted by Crippen LogP contribution is -2.38. The van der Waals surface area contributed by atoms with Gasteiger partial charge < -0.3 is 14.2 Å². The van der Waals surface area contributed by atoms with Crippen molar-refractivity contribution in [1.82, 2.24) is 0 Å². The zero-order chi connectivity index (χ0) is 29.8. The number of carbonyl (C=O) groups excluding carboxylic acids is 2. The highest BCUT2D eigenvalue weighted by molar-refractivity contribution is 5.69. The van der Waals surface area contributed by atoms with Gasteiger partial charge in [0.2, 0.25) is 0 Å². The molecule has 0 unspecified atom stereocenters. The minimum absolute atomic E-state index is 0.0637. The number of carbonyl (C=O) groups is 2. The standard InChI is InChI=1S/C34H52O7/c1-34(2,39-31-25-18-17-24-30(31)28-20-13-12-14-21-28)41-40-29(23-19-27-33(36)38-4)22-15-10-8-6-5-7-9-11-16-26-32(35)37-3/h8,10,12-15,20-22,29-31H,5-7,9,11,16-19,23-27H2,1-4H3/b10-8-,22-15+/t29-,30+,31-/m1/s1. The Kier molecular flexibility index (Phi) is 17.3. The van der Waals surface area contributed by atoms with E-state index >= 15 is 0 Å². The van der Waals surface area contributed by atoms with E-state index in [4.69, 9.17) is 19.2 Å². The van der Waals surface area contributed by atoms with E-state index in [1.807, 2.05) is 38.1 Å². The van der Waals surface area contributed by atoms with E-state index in [2.05, 4.69) is 35.1 Å². The molecular weight excluding hydrogens is 520 g/mol. The molecule has 1 aliphatic rings. The summed E-state index contributed by atoms with van der Waals surface area (Å²) in [4.78, 5) is 34.5. The van der Waals surface area contributed by atoms with E-state index < -0.39 is 5.79 Å². The molecule has 41 heavy (non-hydrogen) atoms. The van der Waals surface area contributed by atoms with Crippen LogP contribution in [-0.2, 0) is 33.6 Å². The molecule has 0 saturated heterocycles. The average molecular weight is 573 g/mol. The highest BCUT2D eigenvalue weighted by Crippen LogP contribution is 2.37. The molecule has 2 rings (SSSR count). The van der Waals surface area contributed by atoms with Gasteiger partial charge in [-0.3, -0.25) is 9.59 Å². The number of methoxy groups -OCH3 is 2. The van der Waals surface area contributed by atoms with Crippen molar-refractivity contribution in [2.45, 2.75) is 128 Å². The van der Waals surface area contributed by atoms with E-state index in [0.717, 1.165) is 57.8 Å². The van der Waals surface area contributed by atoms with Gasteiger partial charge in [0.15, 0.2) is 5.79 Å². The van der Waals surface area contributed by atoms with Gasteiger partial charge in [0.05, 0.1) is 20.3 Å². The summed E-state index contributed by atoms with van der Waals surface area (Å²) in [5.74, 6) is -0.939. The SMILES string of the molecule is COC(=O)CCCCCCC/C=C\C=C\[C@H](CCCC(=O)OC)OOC(C)(C)O[C@@H]1CCCC[C@H]1c1ccccc1. The summed E-state index contributed by atoms with van der Waals surface area (Å²) in [5, 5.41) is 0. The van der Waals surface area contributed by atoms with Crippen molar-refractivity contribution < 1.29 is 33.6 Å². The maximum absolute atomic E-state index is 11.6. The van der Waals surface area contributed by atoms with Crippen molar-refractivity contribution >= 4 is 11.9 Å². The Hall–Kier alpha value is -2.48. The largest absolute Gasteiger partial charge is 0.469 e. The number of hydrogen-bond donors (Lipinski definition) is 0. The van der Waals surface area contributed by atoms with Gasteiger partial charge in [-0.15, -0.1) is 0 Å². The van der Waals surface area contributed by atoms with Crippen molar-refractivity contribution in [1.29, 1.82) is 0 Å². The van der Waals surface area contributed by atoms with Crippen LogP contribution in [0.5, 0.6) is 0 Å². The second-order valence-electron chi connectivity index (χ2n) is 11.2. The van der Waals surface area contributed by atoms with Gasteiger partial charge in [0.25, 0.3) is 0 Å². The Morgan fingerprint density at radius 1 is 0.878 bits per heavy atom. The minimum atomic E-state index is -0.920. The molecule has 0 heterocycles. The summed E-state index contributed by atoms with van der Waals surface area (Å²) >= 11 is 0. The van der Waals surface area contributed by atoms with E-state index in [0.29, 0.717) is 31.6 Å². The van der Waals surface area contributed by atoms with E-state index in [-0.39, 0.29) is 24.1 Å². The summed E-state index contributed by atoms with van der Waals surface area (Å²) in [6, 6.07) is 10.6. The van der Waals surface area contributed by atoms with Gasteiger partial charge in [0.1, 0.15) is 6.10 Å². The summed E-state index contributed by atoms with van der Waals surface area (Å²) in [6.45, 7) is 3.79. The van der Waals surface area contributed by atoms with Crippen LogP contribution in [0.2, 0.25) is 0 Å². The highest BCUT2D eigenvalue weighted by Gasteiger charge is 2.34. The summed E-state index contributed by atoms with van der Waals surface area (Å²) in [5.41, 5.74) is 1.31. The van der Waals surface area contributed by atoms with Crippen LogP contribution in [0.3, 0.4) is 0 Å². The fourth-order valence-electron chi connectivity index (χ4n) is 5.13. The van der Waals surface area contributed by atoms with Crippen LogP contribution in [0.15, 0.2) is 54.6 Å². The Bertz CT molecular complexity index is 909. The first-order chi connectivity index (χ1) is 19.8. The maximum atomic E-state index is 11.6. The summed E-state index contributed by atoms with van der Waals surface area (Å²) in [7, 11) is 2.83. The predicted octanol–water partition coefficient (Wildman–Crippen LogP) is 8.14. The number of benzene rings is 1. The van der Waals surface area contributed by atoms with Gasteiger partial charge in [-0.1, -0.05) is 86.7 Å². The van der Waals surface area contributed by atoms with E-state index in [9.17, 15) is 9.59 Å². The first kappa shape index (κ1) is 34.7. The first-order valence-electron chi connectivity index (χ1n) is 15.4. The molecule has 230 valence electrons. The third-order valence-corrected chi connectivity index (χ3v) is 7.39. The number of unbranched alkanes of at least 4 members (excludes halogenated alkanes) is 5. The molecule has 1 aromatic rings. The minimum Gasteiger partial charge on any atom is -0.469 e. The molecule has 0 radical (unpaired) electrons. The molecule has 3 atom stereocenters. The lowest BCUT2D eigenvalue weighted by Gasteiger charge is -2.37. The molecule has 0 bridgehead atoms. The number of ether oxygens (including phenoxy) is 3. The normalized spacial score (nSPS) is 18.5. The lowest BCUT2D eigenvalue weighted by atomic mass is 9.81. The fraction of sp³-hybridized carbons (Fsp3) is 0.647. The Balaban J connectivity index is 1.82. The highest BCUT2D eigenvalue weighted by atomic mass is 17.2. The molecule has 0 spiro atoms. The van der Waals surface area contributed by atoms with Crippen LogP contribution in [0.4, 0.5) is 0 Å². The van der Waals surface area contributed by atoms with Gasteiger partial charge in [-0.2, -0.15) is 0 Å².